The zero-order valence-electron chi connectivity index (χ0n) is 14.1. The summed E-state index contributed by atoms with van der Waals surface area (Å²) in [7, 11) is 0. The fourth-order valence-corrected chi connectivity index (χ4v) is 3.72. The average molecular weight is 350 g/mol. The van der Waals surface area contributed by atoms with Gasteiger partial charge in [0.1, 0.15) is 5.56 Å². The van der Waals surface area contributed by atoms with Crippen LogP contribution in [-0.2, 0) is 4.74 Å². The van der Waals surface area contributed by atoms with Crippen LogP contribution in [0.5, 0.6) is 0 Å². The number of benzene rings is 2. The molecule has 1 aromatic heterocycles. The number of ether oxygens (including phenoxy) is 1. The highest BCUT2D eigenvalue weighted by Crippen LogP contribution is 2.33. The van der Waals surface area contributed by atoms with Gasteiger partial charge >= 0.3 is 5.97 Å². The predicted octanol–water partition coefficient (Wildman–Crippen LogP) is 4.93. The molecule has 0 amide bonds. The lowest BCUT2D eigenvalue weighted by Crippen LogP contribution is -2.17. The summed E-state index contributed by atoms with van der Waals surface area (Å²) in [5, 5.41) is 0. The molecule has 0 aliphatic heterocycles. The van der Waals surface area contributed by atoms with Gasteiger partial charge in [0.25, 0.3) is 0 Å². The summed E-state index contributed by atoms with van der Waals surface area (Å²) in [6.07, 6.45) is 0. The topological polar surface area (TPSA) is 43.4 Å². The van der Waals surface area contributed by atoms with Crippen molar-refractivity contribution in [1.29, 1.82) is 0 Å². The van der Waals surface area contributed by atoms with Crippen molar-refractivity contribution in [2.45, 2.75) is 13.8 Å². The van der Waals surface area contributed by atoms with E-state index < -0.39 is 5.97 Å². The first kappa shape index (κ1) is 17.1. The van der Waals surface area contributed by atoms with Crippen molar-refractivity contribution in [3.63, 3.8) is 0 Å². The summed E-state index contributed by atoms with van der Waals surface area (Å²) in [4.78, 5) is 26.5. The van der Waals surface area contributed by atoms with E-state index in [0.717, 1.165) is 21.6 Å². The highest BCUT2D eigenvalue weighted by atomic mass is 32.1. The van der Waals surface area contributed by atoms with E-state index in [1.165, 1.54) is 17.4 Å². The molecule has 3 nitrogen and oxygen atoms in total. The number of aryl methyl sites for hydroxylation is 1. The molecule has 1 heterocycles. The first-order valence-electron chi connectivity index (χ1n) is 8.08. The Morgan fingerprint density at radius 1 is 1.00 bits per heavy atom. The van der Waals surface area contributed by atoms with Crippen LogP contribution >= 0.6 is 11.3 Å². The molecule has 0 aliphatic rings. The van der Waals surface area contributed by atoms with Crippen LogP contribution in [0.4, 0.5) is 0 Å². The van der Waals surface area contributed by atoms with Crippen molar-refractivity contribution in [3.8, 4) is 20.9 Å². The standard InChI is InChI=1S/C21H18O3S/c1-3-24-21(23)19-17(22)13-18(15-11-9-14(2)10-12-15)25-20(19)16-7-5-4-6-8-16/h4-13H,3H2,1-2H3. The Morgan fingerprint density at radius 3 is 2.32 bits per heavy atom. The van der Waals surface area contributed by atoms with Crippen molar-refractivity contribution in [2.75, 3.05) is 6.61 Å². The van der Waals surface area contributed by atoms with Crippen LogP contribution in [0.15, 0.2) is 65.5 Å². The summed E-state index contributed by atoms with van der Waals surface area (Å²) in [5.41, 5.74) is 2.74. The second-order valence-electron chi connectivity index (χ2n) is 5.63. The summed E-state index contributed by atoms with van der Waals surface area (Å²) < 4.78 is 5.10. The lowest BCUT2D eigenvalue weighted by molar-refractivity contribution is 0.0526. The molecule has 4 heteroatoms. The third kappa shape index (κ3) is 3.69. The summed E-state index contributed by atoms with van der Waals surface area (Å²) >= 11 is 1.43. The molecule has 126 valence electrons. The van der Waals surface area contributed by atoms with E-state index in [9.17, 15) is 9.59 Å². The predicted molar refractivity (Wildman–Crippen MR) is 102 cm³/mol. The molecule has 0 aliphatic carbocycles. The summed E-state index contributed by atoms with van der Waals surface area (Å²) in [6, 6.07) is 19.0. The molecule has 0 bridgehead atoms. The quantitative estimate of drug-likeness (QED) is 0.627. The van der Waals surface area contributed by atoms with Crippen molar-refractivity contribution in [1.82, 2.24) is 0 Å². The van der Waals surface area contributed by atoms with E-state index in [1.54, 1.807) is 6.92 Å². The van der Waals surface area contributed by atoms with Crippen LogP contribution < -0.4 is 5.43 Å². The van der Waals surface area contributed by atoms with E-state index in [1.807, 2.05) is 61.5 Å². The van der Waals surface area contributed by atoms with E-state index in [0.29, 0.717) is 4.88 Å². The molecule has 25 heavy (non-hydrogen) atoms. The number of hydrogen-bond donors (Lipinski definition) is 0. The van der Waals surface area contributed by atoms with Gasteiger partial charge in [-0.2, -0.15) is 0 Å². The van der Waals surface area contributed by atoms with E-state index in [4.69, 9.17) is 4.74 Å². The van der Waals surface area contributed by atoms with E-state index in [2.05, 4.69) is 0 Å². The molecule has 0 radical (unpaired) electrons. The van der Waals surface area contributed by atoms with E-state index >= 15 is 0 Å². The van der Waals surface area contributed by atoms with Crippen LogP contribution in [0, 0.1) is 6.92 Å². The third-order valence-corrected chi connectivity index (χ3v) is 5.02. The van der Waals surface area contributed by atoms with Crippen molar-refractivity contribution >= 4 is 17.3 Å². The zero-order valence-corrected chi connectivity index (χ0v) is 14.9. The molecule has 2 aromatic carbocycles. The van der Waals surface area contributed by atoms with Gasteiger partial charge in [-0.3, -0.25) is 4.79 Å². The average Bonchev–Trinajstić information content (AvgIpc) is 2.62. The number of carbonyl (C=O) groups excluding carboxylic acids is 1. The minimum atomic E-state index is -0.571. The Balaban J connectivity index is 2.22. The lowest BCUT2D eigenvalue weighted by atomic mass is 10.1. The maximum absolute atomic E-state index is 12.7. The van der Waals surface area contributed by atoms with Crippen LogP contribution in [0.25, 0.3) is 20.9 Å². The largest absolute Gasteiger partial charge is 0.462 e. The van der Waals surface area contributed by atoms with Gasteiger partial charge in [0.2, 0.25) is 0 Å². The Morgan fingerprint density at radius 2 is 1.68 bits per heavy atom. The number of carbonyl (C=O) groups is 1. The summed E-state index contributed by atoms with van der Waals surface area (Å²) in [6.45, 7) is 3.98. The molecule has 0 unspecified atom stereocenters. The second-order valence-corrected chi connectivity index (χ2v) is 6.68. The summed E-state index contributed by atoms with van der Waals surface area (Å²) in [5.74, 6) is -0.571. The fourth-order valence-electron chi connectivity index (χ4n) is 2.54. The third-order valence-electron chi connectivity index (χ3n) is 3.80. The van der Waals surface area contributed by atoms with Crippen LogP contribution in [0.1, 0.15) is 22.8 Å². The van der Waals surface area contributed by atoms with Gasteiger partial charge < -0.3 is 4.74 Å². The van der Waals surface area contributed by atoms with Crippen LogP contribution in [-0.4, -0.2) is 12.6 Å². The zero-order chi connectivity index (χ0) is 17.8. The molecular weight excluding hydrogens is 332 g/mol. The number of hydrogen-bond acceptors (Lipinski definition) is 4. The number of esters is 1. The van der Waals surface area contributed by atoms with Crippen molar-refractivity contribution in [2.24, 2.45) is 0 Å². The Kier molecular flexibility index (Phi) is 5.10. The minimum absolute atomic E-state index is 0.105. The Hall–Kier alpha value is -2.72. The van der Waals surface area contributed by atoms with Gasteiger partial charge in [0, 0.05) is 10.9 Å². The molecule has 0 spiro atoms. The minimum Gasteiger partial charge on any atom is -0.462 e. The second kappa shape index (κ2) is 7.45. The lowest BCUT2D eigenvalue weighted by Gasteiger charge is -2.10. The molecular formula is C21H18O3S. The Bertz CT molecular complexity index is 941. The van der Waals surface area contributed by atoms with Gasteiger partial charge in [-0.1, -0.05) is 60.2 Å². The van der Waals surface area contributed by atoms with Crippen molar-refractivity contribution < 1.29 is 9.53 Å². The maximum Gasteiger partial charge on any atom is 0.343 e. The maximum atomic E-state index is 12.7. The molecule has 0 atom stereocenters. The van der Waals surface area contributed by atoms with E-state index in [-0.39, 0.29) is 17.6 Å². The van der Waals surface area contributed by atoms with Gasteiger partial charge in [-0.05, 0) is 25.0 Å². The normalized spacial score (nSPS) is 10.5. The number of rotatable bonds is 4. The van der Waals surface area contributed by atoms with Crippen LogP contribution in [0.2, 0.25) is 0 Å². The SMILES string of the molecule is CCOC(=O)c1c(-c2ccccc2)sc(-c2ccc(C)cc2)cc1=O. The van der Waals surface area contributed by atoms with Crippen LogP contribution in [0.3, 0.4) is 0 Å². The van der Waals surface area contributed by atoms with Gasteiger partial charge in [-0.15, -0.1) is 11.3 Å². The van der Waals surface area contributed by atoms with Gasteiger partial charge in [0.15, 0.2) is 5.43 Å². The molecule has 0 saturated heterocycles. The fraction of sp³-hybridized carbons (Fsp3) is 0.143. The monoisotopic (exact) mass is 350 g/mol. The van der Waals surface area contributed by atoms with Gasteiger partial charge in [0.05, 0.1) is 11.5 Å². The molecule has 0 N–H and O–H groups in total. The Labute approximate surface area is 150 Å². The van der Waals surface area contributed by atoms with Gasteiger partial charge in [-0.25, -0.2) is 4.79 Å². The molecule has 3 rings (SSSR count). The highest BCUT2D eigenvalue weighted by Gasteiger charge is 2.20. The molecule has 0 saturated carbocycles. The molecule has 3 aromatic rings. The highest BCUT2D eigenvalue weighted by molar-refractivity contribution is 7.18. The van der Waals surface area contributed by atoms with Crippen molar-refractivity contribution in [3.05, 3.63) is 82.0 Å². The first-order chi connectivity index (χ1) is 12.1. The smallest absolute Gasteiger partial charge is 0.343 e. The molecule has 0 fully saturated rings. The first-order valence-corrected chi connectivity index (χ1v) is 8.89.